The zero-order valence-corrected chi connectivity index (χ0v) is 12.9. The minimum Gasteiger partial charge on any atom is -0.478 e. The highest BCUT2D eigenvalue weighted by molar-refractivity contribution is 6.01. The van der Waals surface area contributed by atoms with E-state index in [1.165, 1.54) is 12.3 Å². The van der Waals surface area contributed by atoms with Gasteiger partial charge in [0.2, 0.25) is 5.88 Å². The highest BCUT2D eigenvalue weighted by Crippen LogP contribution is 2.41. The Morgan fingerprint density at radius 2 is 1.79 bits per heavy atom. The van der Waals surface area contributed by atoms with Crippen molar-refractivity contribution in [3.05, 3.63) is 54.2 Å². The number of hydrogen-bond donors (Lipinski definition) is 1. The molecule has 1 heterocycles. The molecular weight excluding hydrogens is 317 g/mol. The minimum absolute atomic E-state index is 0.0771. The first-order valence-electron chi connectivity index (χ1n) is 7.39. The molecule has 0 amide bonds. The lowest BCUT2D eigenvalue weighted by molar-refractivity contribution is -0.136. The van der Waals surface area contributed by atoms with Gasteiger partial charge in [0.05, 0.1) is 12.2 Å². The van der Waals surface area contributed by atoms with Crippen molar-refractivity contribution in [2.45, 2.75) is 13.1 Å². The molecule has 2 N–H and O–H groups in total. The maximum Gasteiger partial charge on any atom is 0.417 e. The van der Waals surface area contributed by atoms with Crippen LogP contribution >= 0.6 is 0 Å². The van der Waals surface area contributed by atoms with Gasteiger partial charge in [0, 0.05) is 28.2 Å². The van der Waals surface area contributed by atoms with Crippen LogP contribution in [0.1, 0.15) is 12.5 Å². The maximum absolute atomic E-state index is 13.5. The van der Waals surface area contributed by atoms with Crippen LogP contribution in [-0.2, 0) is 6.18 Å². The fraction of sp³-hybridized carbons (Fsp3) is 0.167. The summed E-state index contributed by atoms with van der Waals surface area (Å²) in [6.45, 7) is 2.08. The van der Waals surface area contributed by atoms with Gasteiger partial charge in [0.25, 0.3) is 0 Å². The minimum atomic E-state index is -4.48. The van der Waals surface area contributed by atoms with E-state index in [9.17, 15) is 13.2 Å². The van der Waals surface area contributed by atoms with E-state index in [0.29, 0.717) is 28.8 Å². The number of rotatable bonds is 3. The van der Waals surface area contributed by atoms with Gasteiger partial charge in [0.1, 0.15) is 0 Å². The molecule has 1 aromatic heterocycles. The molecule has 0 atom stereocenters. The smallest absolute Gasteiger partial charge is 0.417 e. The van der Waals surface area contributed by atoms with E-state index in [1.807, 2.05) is 0 Å². The number of aromatic nitrogens is 1. The van der Waals surface area contributed by atoms with Gasteiger partial charge in [0.15, 0.2) is 0 Å². The third-order valence-electron chi connectivity index (χ3n) is 3.68. The molecule has 2 aromatic carbocycles. The van der Waals surface area contributed by atoms with E-state index in [1.54, 1.807) is 37.3 Å². The number of ether oxygens (including phenoxy) is 1. The maximum atomic E-state index is 13.5. The van der Waals surface area contributed by atoms with Gasteiger partial charge in [-0.15, -0.1) is 0 Å². The molecular formula is C18H15F3N2O. The molecule has 0 aliphatic rings. The van der Waals surface area contributed by atoms with Gasteiger partial charge in [-0.1, -0.05) is 18.2 Å². The Morgan fingerprint density at radius 3 is 2.42 bits per heavy atom. The lowest BCUT2D eigenvalue weighted by Gasteiger charge is -2.16. The Labute approximate surface area is 136 Å². The van der Waals surface area contributed by atoms with Gasteiger partial charge in [-0.3, -0.25) is 0 Å². The number of hydrogen-bond acceptors (Lipinski definition) is 3. The first-order chi connectivity index (χ1) is 11.4. The second kappa shape index (κ2) is 6.03. The third-order valence-corrected chi connectivity index (χ3v) is 3.68. The predicted octanol–water partition coefficient (Wildman–Crippen LogP) is 4.90. The zero-order valence-electron chi connectivity index (χ0n) is 12.9. The summed E-state index contributed by atoms with van der Waals surface area (Å²) in [6.07, 6.45) is -3.07. The number of anilines is 1. The molecule has 0 bridgehead atoms. The van der Waals surface area contributed by atoms with Crippen molar-refractivity contribution >= 4 is 16.5 Å². The van der Waals surface area contributed by atoms with E-state index in [2.05, 4.69) is 4.98 Å². The fourth-order valence-electron chi connectivity index (χ4n) is 2.65. The molecule has 24 heavy (non-hydrogen) atoms. The number of pyridine rings is 1. The summed E-state index contributed by atoms with van der Waals surface area (Å²) in [5.74, 6) is 0.192. The summed E-state index contributed by atoms with van der Waals surface area (Å²) in [4.78, 5) is 4.20. The topological polar surface area (TPSA) is 48.1 Å². The van der Waals surface area contributed by atoms with Gasteiger partial charge in [-0.05, 0) is 36.8 Å². The second-order valence-electron chi connectivity index (χ2n) is 5.26. The first-order valence-corrected chi connectivity index (χ1v) is 7.39. The number of nitrogens with zero attached hydrogens (tertiary/aromatic N) is 1. The lowest BCUT2D eigenvalue weighted by atomic mass is 9.96. The van der Waals surface area contributed by atoms with Crippen molar-refractivity contribution in [2.24, 2.45) is 0 Å². The van der Waals surface area contributed by atoms with E-state index < -0.39 is 11.7 Å². The van der Waals surface area contributed by atoms with Crippen molar-refractivity contribution in [1.82, 2.24) is 4.98 Å². The Hall–Kier alpha value is -2.76. The van der Waals surface area contributed by atoms with Crippen LogP contribution in [0.3, 0.4) is 0 Å². The fourth-order valence-corrected chi connectivity index (χ4v) is 2.65. The average Bonchev–Trinajstić information content (AvgIpc) is 2.55. The number of halogens is 3. The molecule has 0 spiro atoms. The van der Waals surface area contributed by atoms with Crippen LogP contribution in [0.15, 0.2) is 48.7 Å². The Balaban J connectivity index is 2.37. The van der Waals surface area contributed by atoms with Crippen molar-refractivity contribution in [2.75, 3.05) is 12.3 Å². The molecule has 3 nitrogen and oxygen atoms in total. The Bertz CT molecular complexity index is 874. The molecule has 0 saturated carbocycles. The predicted molar refractivity (Wildman–Crippen MR) is 87.8 cm³/mol. The van der Waals surface area contributed by atoms with Crippen LogP contribution < -0.4 is 10.5 Å². The zero-order chi connectivity index (χ0) is 17.3. The summed E-state index contributed by atoms with van der Waals surface area (Å²) in [6, 6.07) is 10.7. The van der Waals surface area contributed by atoms with E-state index in [-0.39, 0.29) is 11.3 Å². The molecule has 3 aromatic rings. The summed E-state index contributed by atoms with van der Waals surface area (Å²) >= 11 is 0. The molecule has 3 rings (SSSR count). The molecule has 0 fully saturated rings. The number of nitrogen functional groups attached to an aromatic ring is 1. The molecule has 0 saturated heterocycles. The number of alkyl halides is 3. The SMILES string of the molecule is CCOc1ncc(-c2ccc(N)cc2)c2c(C(F)(F)F)cccc12. The standard InChI is InChI=1S/C18H15F3N2O/c1-2-24-17-13-4-3-5-15(18(19,20)21)16(13)14(10-23-17)11-6-8-12(22)9-7-11/h3-10H,2,22H2,1H3. The van der Waals surface area contributed by atoms with Crippen LogP contribution in [0, 0.1) is 0 Å². The van der Waals surface area contributed by atoms with Crippen LogP contribution in [0.5, 0.6) is 5.88 Å². The summed E-state index contributed by atoms with van der Waals surface area (Å²) < 4.78 is 45.9. The Kier molecular flexibility index (Phi) is 4.05. The number of fused-ring (bicyclic) bond motifs is 1. The molecule has 124 valence electrons. The molecule has 0 unspecified atom stereocenters. The van der Waals surface area contributed by atoms with Gasteiger partial charge >= 0.3 is 6.18 Å². The van der Waals surface area contributed by atoms with E-state index in [0.717, 1.165) is 6.07 Å². The van der Waals surface area contributed by atoms with Gasteiger partial charge in [-0.25, -0.2) is 4.98 Å². The van der Waals surface area contributed by atoms with Gasteiger partial charge < -0.3 is 10.5 Å². The second-order valence-corrected chi connectivity index (χ2v) is 5.26. The number of benzene rings is 2. The van der Waals surface area contributed by atoms with E-state index >= 15 is 0 Å². The number of nitrogens with two attached hydrogens (primary N) is 1. The highest BCUT2D eigenvalue weighted by Gasteiger charge is 2.34. The van der Waals surface area contributed by atoms with Crippen molar-refractivity contribution < 1.29 is 17.9 Å². The van der Waals surface area contributed by atoms with Gasteiger partial charge in [-0.2, -0.15) is 13.2 Å². The normalized spacial score (nSPS) is 11.7. The molecule has 0 aliphatic heterocycles. The average molecular weight is 332 g/mol. The summed E-state index contributed by atoms with van der Waals surface area (Å²) in [5.41, 5.74) is 6.49. The molecule has 0 aliphatic carbocycles. The van der Waals surface area contributed by atoms with Crippen molar-refractivity contribution in [3.8, 4) is 17.0 Å². The van der Waals surface area contributed by atoms with E-state index in [4.69, 9.17) is 10.5 Å². The first kappa shape index (κ1) is 16.1. The summed E-state index contributed by atoms with van der Waals surface area (Å²) in [5, 5.41) is 0.411. The monoisotopic (exact) mass is 332 g/mol. The van der Waals surface area contributed by atoms with Crippen molar-refractivity contribution in [3.63, 3.8) is 0 Å². The Morgan fingerprint density at radius 1 is 1.08 bits per heavy atom. The highest BCUT2D eigenvalue weighted by atomic mass is 19.4. The largest absolute Gasteiger partial charge is 0.478 e. The van der Waals surface area contributed by atoms with Crippen molar-refractivity contribution in [1.29, 1.82) is 0 Å². The summed E-state index contributed by atoms with van der Waals surface area (Å²) in [7, 11) is 0. The third kappa shape index (κ3) is 2.87. The van der Waals surface area contributed by atoms with Crippen LogP contribution in [0.4, 0.5) is 18.9 Å². The molecule has 0 radical (unpaired) electrons. The molecule has 6 heteroatoms. The quantitative estimate of drug-likeness (QED) is 0.694. The van der Waals surface area contributed by atoms with Crippen LogP contribution in [-0.4, -0.2) is 11.6 Å². The van der Waals surface area contributed by atoms with Crippen LogP contribution in [0.2, 0.25) is 0 Å². The lowest BCUT2D eigenvalue weighted by Crippen LogP contribution is -2.07. The van der Waals surface area contributed by atoms with Crippen LogP contribution in [0.25, 0.3) is 21.9 Å².